The number of carbonyl (C=O) groups excluding carboxylic acids is 2. The lowest BCUT2D eigenvalue weighted by Crippen LogP contribution is -2.39. The number of ether oxygens (including phenoxy) is 1. The van der Waals surface area contributed by atoms with Gasteiger partial charge in [-0.25, -0.2) is 17.9 Å². The Morgan fingerprint density at radius 3 is 2.34 bits per heavy atom. The van der Waals surface area contributed by atoms with Crippen molar-refractivity contribution < 1.29 is 32.2 Å². The standard InChI is InChI=1S/C26H23FN4O6S/c1-37-20-4-2-3-19(24(20)32)22-21-23(31(29-22)17-9-11-18(12-10-17)38(28,35)36)26(34)30(25(21)33)14-13-15-5-7-16(27)8-6-15/h2-12,21,23,32H,13-14H2,1H3,(H2,28,35,36). The number of hydrogen-bond donors (Lipinski definition) is 2. The molecule has 1 saturated heterocycles. The third-order valence-electron chi connectivity index (χ3n) is 6.60. The van der Waals surface area contributed by atoms with Crippen LogP contribution in [0.15, 0.2) is 76.7 Å². The van der Waals surface area contributed by atoms with E-state index in [4.69, 9.17) is 9.88 Å². The summed E-state index contributed by atoms with van der Waals surface area (Å²) in [5.74, 6) is -2.48. The molecule has 5 rings (SSSR count). The summed E-state index contributed by atoms with van der Waals surface area (Å²) in [6.45, 7) is 0.0614. The first-order valence-corrected chi connectivity index (χ1v) is 13.1. The van der Waals surface area contributed by atoms with Crippen molar-refractivity contribution in [1.29, 1.82) is 0 Å². The molecule has 0 spiro atoms. The zero-order chi connectivity index (χ0) is 27.2. The number of halogens is 1. The van der Waals surface area contributed by atoms with Crippen LogP contribution in [0, 0.1) is 11.7 Å². The summed E-state index contributed by atoms with van der Waals surface area (Å²) >= 11 is 0. The molecule has 2 heterocycles. The van der Waals surface area contributed by atoms with Gasteiger partial charge in [0.2, 0.25) is 15.9 Å². The zero-order valence-corrected chi connectivity index (χ0v) is 20.9. The lowest BCUT2D eigenvalue weighted by molar-refractivity contribution is -0.139. The fraction of sp³-hybridized carbons (Fsp3) is 0.192. The number of benzene rings is 3. The molecule has 2 unspecified atom stereocenters. The number of aromatic hydroxyl groups is 1. The summed E-state index contributed by atoms with van der Waals surface area (Å²) in [7, 11) is -2.56. The van der Waals surface area contributed by atoms with Gasteiger partial charge < -0.3 is 9.84 Å². The maximum Gasteiger partial charge on any atom is 0.255 e. The number of hydrogen-bond acceptors (Lipinski definition) is 8. The fourth-order valence-electron chi connectivity index (χ4n) is 4.70. The Bertz CT molecular complexity index is 1560. The van der Waals surface area contributed by atoms with Crippen molar-refractivity contribution in [1.82, 2.24) is 4.90 Å². The van der Waals surface area contributed by atoms with Gasteiger partial charge in [0.15, 0.2) is 11.5 Å². The van der Waals surface area contributed by atoms with Gasteiger partial charge in [0.25, 0.3) is 5.91 Å². The number of phenolic OH excluding ortho intramolecular Hbond substituents is 1. The predicted molar refractivity (Wildman–Crippen MR) is 136 cm³/mol. The molecule has 2 amide bonds. The second-order valence-electron chi connectivity index (χ2n) is 8.85. The van der Waals surface area contributed by atoms with Crippen LogP contribution in [0.2, 0.25) is 0 Å². The first kappa shape index (κ1) is 25.4. The van der Waals surface area contributed by atoms with E-state index in [0.29, 0.717) is 12.1 Å². The molecule has 1 fully saturated rings. The summed E-state index contributed by atoms with van der Waals surface area (Å²) in [5, 5.41) is 21.9. The van der Waals surface area contributed by atoms with Crippen LogP contribution in [0.4, 0.5) is 10.1 Å². The molecule has 3 aromatic rings. The largest absolute Gasteiger partial charge is 0.504 e. The minimum Gasteiger partial charge on any atom is -0.504 e. The van der Waals surface area contributed by atoms with E-state index < -0.39 is 33.8 Å². The SMILES string of the molecule is COc1cccc(C2=NN(c3ccc(S(N)(=O)=O)cc3)C3C(=O)N(CCc4ccc(F)cc4)C(=O)C23)c1O. The molecule has 0 radical (unpaired) electrons. The van der Waals surface area contributed by atoms with Crippen LogP contribution in [0.1, 0.15) is 11.1 Å². The number of fused-ring (bicyclic) bond motifs is 1. The number of hydrazone groups is 1. The van der Waals surface area contributed by atoms with Gasteiger partial charge in [-0.15, -0.1) is 0 Å². The minimum absolute atomic E-state index is 0.0614. The van der Waals surface area contributed by atoms with E-state index in [0.717, 1.165) is 10.5 Å². The minimum atomic E-state index is -3.95. The number of amides is 2. The highest BCUT2D eigenvalue weighted by Gasteiger charge is 2.57. The normalized spacial score (nSPS) is 19.1. The fourth-order valence-corrected chi connectivity index (χ4v) is 5.22. The van der Waals surface area contributed by atoms with Crippen LogP contribution in [-0.2, 0) is 26.0 Å². The molecular weight excluding hydrogens is 515 g/mol. The van der Waals surface area contributed by atoms with Crippen molar-refractivity contribution in [2.24, 2.45) is 16.2 Å². The molecule has 3 N–H and O–H groups in total. The van der Waals surface area contributed by atoms with Gasteiger partial charge in [-0.1, -0.05) is 18.2 Å². The molecular formula is C26H23FN4O6S. The number of likely N-dealkylation sites (tertiary alicyclic amines) is 1. The number of carbonyl (C=O) groups is 2. The van der Waals surface area contributed by atoms with Gasteiger partial charge in [0, 0.05) is 12.1 Å². The Balaban J connectivity index is 1.54. The van der Waals surface area contributed by atoms with E-state index in [2.05, 4.69) is 5.10 Å². The van der Waals surface area contributed by atoms with Crippen LogP contribution in [0.25, 0.3) is 0 Å². The number of sulfonamides is 1. The van der Waals surface area contributed by atoms with Crippen LogP contribution in [0.5, 0.6) is 11.5 Å². The number of imide groups is 1. The molecule has 0 bridgehead atoms. The summed E-state index contributed by atoms with van der Waals surface area (Å²) in [4.78, 5) is 28.2. The summed E-state index contributed by atoms with van der Waals surface area (Å²) in [6.07, 6.45) is 0.317. The number of methoxy groups -OCH3 is 1. The average Bonchev–Trinajstić information content (AvgIpc) is 3.40. The average molecular weight is 539 g/mol. The number of para-hydroxylation sites is 1. The molecule has 2 aliphatic heterocycles. The quantitative estimate of drug-likeness (QED) is 0.438. The molecule has 12 heteroatoms. The van der Waals surface area contributed by atoms with Gasteiger partial charge in [0.05, 0.1) is 23.4 Å². The van der Waals surface area contributed by atoms with Gasteiger partial charge in [-0.05, 0) is 60.5 Å². The van der Waals surface area contributed by atoms with Crippen molar-refractivity contribution in [2.45, 2.75) is 17.4 Å². The molecule has 0 aromatic heterocycles. The van der Waals surface area contributed by atoms with Crippen LogP contribution in [0.3, 0.4) is 0 Å². The lowest BCUT2D eigenvalue weighted by atomic mass is 9.92. The third-order valence-corrected chi connectivity index (χ3v) is 7.53. The molecule has 0 aliphatic carbocycles. The summed E-state index contributed by atoms with van der Waals surface area (Å²) in [6, 6.07) is 14.9. The molecule has 2 atom stereocenters. The Kier molecular flexibility index (Phi) is 6.37. The van der Waals surface area contributed by atoms with Gasteiger partial charge in [0.1, 0.15) is 17.8 Å². The van der Waals surface area contributed by atoms with Gasteiger partial charge in [-0.2, -0.15) is 5.10 Å². The lowest BCUT2D eigenvalue weighted by Gasteiger charge is -2.22. The Labute approximate surface area is 217 Å². The predicted octanol–water partition coefficient (Wildman–Crippen LogP) is 2.01. The number of nitrogens with zero attached hydrogens (tertiary/aromatic N) is 3. The smallest absolute Gasteiger partial charge is 0.255 e. The topological polar surface area (TPSA) is 143 Å². The molecule has 3 aromatic carbocycles. The number of primary sulfonamides is 1. The first-order valence-electron chi connectivity index (χ1n) is 11.6. The van der Waals surface area contributed by atoms with Crippen LogP contribution >= 0.6 is 0 Å². The number of anilines is 1. The van der Waals surface area contributed by atoms with E-state index in [1.807, 2.05) is 0 Å². The highest BCUT2D eigenvalue weighted by Crippen LogP contribution is 2.41. The maximum atomic E-state index is 13.6. The molecule has 196 valence electrons. The van der Waals surface area contributed by atoms with Crippen molar-refractivity contribution in [3.63, 3.8) is 0 Å². The van der Waals surface area contributed by atoms with Crippen molar-refractivity contribution in [2.75, 3.05) is 18.7 Å². The highest BCUT2D eigenvalue weighted by atomic mass is 32.2. The summed E-state index contributed by atoms with van der Waals surface area (Å²) in [5.41, 5.74) is 1.50. The van der Waals surface area contributed by atoms with Crippen LogP contribution in [-0.4, -0.2) is 55.6 Å². The summed E-state index contributed by atoms with van der Waals surface area (Å²) < 4.78 is 41.9. The third kappa shape index (κ3) is 4.37. The molecule has 0 saturated carbocycles. The Morgan fingerprint density at radius 1 is 1.03 bits per heavy atom. The molecule has 10 nitrogen and oxygen atoms in total. The van der Waals surface area contributed by atoms with Crippen molar-refractivity contribution in [3.05, 3.63) is 83.7 Å². The Hall–Kier alpha value is -4.29. The molecule has 2 aliphatic rings. The van der Waals surface area contributed by atoms with Crippen molar-refractivity contribution in [3.8, 4) is 11.5 Å². The van der Waals surface area contributed by atoms with E-state index in [9.17, 15) is 27.5 Å². The molecule has 38 heavy (non-hydrogen) atoms. The number of phenols is 1. The van der Waals surface area contributed by atoms with Crippen LogP contribution < -0.4 is 14.9 Å². The zero-order valence-electron chi connectivity index (χ0n) is 20.1. The van der Waals surface area contributed by atoms with E-state index in [-0.39, 0.29) is 40.0 Å². The van der Waals surface area contributed by atoms with Crippen molar-refractivity contribution >= 4 is 33.2 Å². The van der Waals surface area contributed by atoms with E-state index in [1.165, 1.54) is 48.5 Å². The van der Waals surface area contributed by atoms with Gasteiger partial charge >= 0.3 is 0 Å². The highest BCUT2D eigenvalue weighted by molar-refractivity contribution is 7.89. The number of nitrogens with two attached hydrogens (primary N) is 1. The maximum absolute atomic E-state index is 13.6. The first-order chi connectivity index (χ1) is 18.1. The second kappa shape index (κ2) is 9.54. The van der Waals surface area contributed by atoms with Gasteiger partial charge in [-0.3, -0.25) is 19.5 Å². The van der Waals surface area contributed by atoms with E-state index >= 15 is 0 Å². The second-order valence-corrected chi connectivity index (χ2v) is 10.4. The monoisotopic (exact) mass is 538 g/mol. The number of rotatable bonds is 7. The Morgan fingerprint density at radius 2 is 1.71 bits per heavy atom. The van der Waals surface area contributed by atoms with E-state index in [1.54, 1.807) is 30.3 Å².